The molecule has 37 heavy (non-hydrogen) atoms. The summed E-state index contributed by atoms with van der Waals surface area (Å²) in [7, 11) is 0. The lowest BCUT2D eigenvalue weighted by Crippen LogP contribution is -2.45. The molecule has 13 nitrogen and oxygen atoms in total. The smallest absolute Gasteiger partial charge is 0.306 e. The summed E-state index contributed by atoms with van der Waals surface area (Å²) in [6, 6.07) is 13.1. The van der Waals surface area contributed by atoms with E-state index in [1.54, 1.807) is 4.90 Å². The molecule has 0 saturated heterocycles. The van der Waals surface area contributed by atoms with E-state index >= 15 is 0 Å². The zero-order valence-corrected chi connectivity index (χ0v) is 20.9. The first-order chi connectivity index (χ1) is 17.7. The van der Waals surface area contributed by atoms with Crippen molar-refractivity contribution in [1.29, 1.82) is 0 Å². The molecule has 0 heterocycles. The van der Waals surface area contributed by atoms with Gasteiger partial charge in [0.15, 0.2) is 6.10 Å². The zero-order valence-electron chi connectivity index (χ0n) is 20.9. The SMILES string of the molecule is CC(C)N(CC(COc1cccc2ccccc12)OC(=O)CCCON(O)O)C(=O)CCCON(O)O. The van der Waals surface area contributed by atoms with Crippen LogP contribution in [-0.2, 0) is 24.0 Å². The number of ether oxygens (including phenoxy) is 2. The highest BCUT2D eigenvalue weighted by Gasteiger charge is 2.25. The van der Waals surface area contributed by atoms with E-state index in [1.807, 2.05) is 56.3 Å². The standard InChI is InChI=1S/C24H35N3O10/c1-18(2)25(23(28)12-6-14-35-26(30)31)16-20(37-24(29)13-7-15-36-27(32)33)17-34-22-11-5-9-19-8-3-4-10-21(19)22/h3-5,8-11,18,20,30-33H,6-7,12-17H2,1-2H3. The summed E-state index contributed by atoms with van der Waals surface area (Å²) in [4.78, 5) is 35.8. The molecule has 4 N–H and O–H groups in total. The van der Waals surface area contributed by atoms with Gasteiger partial charge in [0.05, 0.1) is 30.5 Å². The molecular formula is C24H35N3O10. The first-order valence-electron chi connectivity index (χ1n) is 11.9. The van der Waals surface area contributed by atoms with Gasteiger partial charge < -0.3 is 14.4 Å². The van der Waals surface area contributed by atoms with Crippen LogP contribution in [0.3, 0.4) is 0 Å². The summed E-state index contributed by atoms with van der Waals surface area (Å²) in [5, 5.41) is 35.4. The molecular weight excluding hydrogens is 490 g/mol. The van der Waals surface area contributed by atoms with Gasteiger partial charge in [0.1, 0.15) is 12.4 Å². The molecule has 0 aliphatic heterocycles. The van der Waals surface area contributed by atoms with Crippen molar-refractivity contribution in [3.63, 3.8) is 0 Å². The van der Waals surface area contributed by atoms with Crippen molar-refractivity contribution < 1.29 is 49.6 Å². The highest BCUT2D eigenvalue weighted by atomic mass is 17.1. The van der Waals surface area contributed by atoms with Gasteiger partial charge in [0.2, 0.25) is 5.91 Å². The molecule has 0 aromatic heterocycles. The molecule has 0 aliphatic rings. The van der Waals surface area contributed by atoms with E-state index in [9.17, 15) is 9.59 Å². The Bertz CT molecular complexity index is 967. The summed E-state index contributed by atoms with van der Waals surface area (Å²) >= 11 is 0. The summed E-state index contributed by atoms with van der Waals surface area (Å²) in [5.74, 6) is -0.185. The van der Waals surface area contributed by atoms with E-state index in [0.29, 0.717) is 5.75 Å². The molecule has 2 rings (SSSR count). The minimum absolute atomic E-state index is 0.0130. The quantitative estimate of drug-likeness (QED) is 0.136. The fourth-order valence-corrected chi connectivity index (χ4v) is 3.57. The Kier molecular flexibility index (Phi) is 13.2. The monoisotopic (exact) mass is 525 g/mol. The number of esters is 1. The number of carbonyl (C=O) groups is 2. The fourth-order valence-electron chi connectivity index (χ4n) is 3.57. The topological polar surface area (TPSA) is 162 Å². The normalized spacial score (nSPS) is 12.4. The molecule has 206 valence electrons. The van der Waals surface area contributed by atoms with E-state index in [2.05, 4.69) is 9.68 Å². The van der Waals surface area contributed by atoms with Crippen LogP contribution < -0.4 is 4.74 Å². The van der Waals surface area contributed by atoms with Crippen molar-refractivity contribution in [2.75, 3.05) is 26.4 Å². The van der Waals surface area contributed by atoms with Gasteiger partial charge in [-0.05, 0) is 38.1 Å². The molecule has 0 fully saturated rings. The second-order valence-corrected chi connectivity index (χ2v) is 8.42. The van der Waals surface area contributed by atoms with E-state index < -0.39 is 22.9 Å². The first-order valence-corrected chi connectivity index (χ1v) is 11.9. The summed E-state index contributed by atoms with van der Waals surface area (Å²) in [5.41, 5.74) is 0. The van der Waals surface area contributed by atoms with E-state index in [-0.39, 0.29) is 64.0 Å². The zero-order chi connectivity index (χ0) is 27.2. The van der Waals surface area contributed by atoms with Crippen LogP contribution in [0.1, 0.15) is 39.5 Å². The number of benzene rings is 2. The average Bonchev–Trinajstić information content (AvgIpc) is 2.85. The Morgan fingerprint density at radius 3 is 2.14 bits per heavy atom. The third kappa shape index (κ3) is 11.4. The van der Waals surface area contributed by atoms with Crippen LogP contribution in [-0.4, -0.2) is 86.9 Å². The van der Waals surface area contributed by atoms with Gasteiger partial charge in [-0.3, -0.25) is 40.1 Å². The largest absolute Gasteiger partial charge is 0.489 e. The van der Waals surface area contributed by atoms with Gasteiger partial charge in [0, 0.05) is 24.3 Å². The van der Waals surface area contributed by atoms with Crippen molar-refractivity contribution in [1.82, 2.24) is 15.7 Å². The predicted molar refractivity (Wildman–Crippen MR) is 127 cm³/mol. The van der Waals surface area contributed by atoms with Gasteiger partial charge in [-0.15, -0.1) is 0 Å². The Balaban J connectivity index is 2.07. The van der Waals surface area contributed by atoms with Crippen molar-refractivity contribution in [2.45, 2.75) is 51.7 Å². The first kappa shape index (κ1) is 30.3. The number of rotatable bonds is 17. The number of carbonyl (C=O) groups excluding carboxylic acids is 2. The highest BCUT2D eigenvalue weighted by Crippen LogP contribution is 2.25. The van der Waals surface area contributed by atoms with Crippen LogP contribution in [0.4, 0.5) is 0 Å². The Morgan fingerprint density at radius 1 is 0.865 bits per heavy atom. The van der Waals surface area contributed by atoms with E-state index in [4.69, 9.17) is 30.3 Å². The number of amides is 1. The molecule has 0 saturated carbocycles. The maximum Gasteiger partial charge on any atom is 0.306 e. The van der Waals surface area contributed by atoms with Crippen LogP contribution in [0.25, 0.3) is 10.8 Å². The van der Waals surface area contributed by atoms with Gasteiger partial charge in [-0.25, -0.2) is 0 Å². The Hall–Kier alpha value is -2.88. The van der Waals surface area contributed by atoms with Gasteiger partial charge >= 0.3 is 5.97 Å². The summed E-state index contributed by atoms with van der Waals surface area (Å²) in [6.07, 6.45) is -0.360. The molecule has 2 aromatic carbocycles. The molecule has 1 unspecified atom stereocenters. The van der Waals surface area contributed by atoms with Crippen LogP contribution in [0.15, 0.2) is 42.5 Å². The third-order valence-electron chi connectivity index (χ3n) is 5.29. The van der Waals surface area contributed by atoms with Crippen molar-refractivity contribution in [2.24, 2.45) is 0 Å². The Morgan fingerprint density at radius 2 is 1.49 bits per heavy atom. The molecule has 1 atom stereocenters. The lowest BCUT2D eigenvalue weighted by atomic mass is 10.1. The van der Waals surface area contributed by atoms with Crippen LogP contribution >= 0.6 is 0 Å². The summed E-state index contributed by atoms with van der Waals surface area (Å²) in [6.45, 7) is 3.52. The number of hydrogen-bond donors (Lipinski definition) is 4. The van der Waals surface area contributed by atoms with Crippen LogP contribution in [0, 0.1) is 0 Å². The Labute approximate surface area is 214 Å². The lowest BCUT2D eigenvalue weighted by molar-refractivity contribution is -0.492. The van der Waals surface area contributed by atoms with Crippen molar-refractivity contribution in [3.05, 3.63) is 42.5 Å². The van der Waals surface area contributed by atoms with Gasteiger partial charge in [-0.1, -0.05) is 36.4 Å². The lowest BCUT2D eigenvalue weighted by Gasteiger charge is -2.31. The molecule has 1 amide bonds. The number of nitrogens with zero attached hydrogens (tertiary/aromatic N) is 3. The fraction of sp³-hybridized carbons (Fsp3) is 0.500. The molecule has 2 aromatic rings. The number of hydrogen-bond acceptors (Lipinski definition) is 12. The van der Waals surface area contributed by atoms with Crippen molar-refractivity contribution >= 4 is 22.6 Å². The minimum Gasteiger partial charge on any atom is -0.489 e. The maximum absolute atomic E-state index is 12.9. The average molecular weight is 526 g/mol. The van der Waals surface area contributed by atoms with E-state index in [0.717, 1.165) is 10.8 Å². The minimum atomic E-state index is -0.799. The molecule has 13 heteroatoms. The third-order valence-corrected chi connectivity index (χ3v) is 5.29. The highest BCUT2D eigenvalue weighted by molar-refractivity contribution is 5.88. The summed E-state index contributed by atoms with van der Waals surface area (Å²) < 4.78 is 11.7. The molecule has 0 bridgehead atoms. The second-order valence-electron chi connectivity index (χ2n) is 8.42. The predicted octanol–water partition coefficient (Wildman–Crippen LogP) is 2.95. The van der Waals surface area contributed by atoms with Crippen LogP contribution in [0.2, 0.25) is 0 Å². The molecule has 0 spiro atoms. The molecule has 0 radical (unpaired) electrons. The second kappa shape index (κ2) is 16.1. The van der Waals surface area contributed by atoms with Crippen molar-refractivity contribution in [3.8, 4) is 5.75 Å². The van der Waals surface area contributed by atoms with Gasteiger partial charge in [0.25, 0.3) is 0 Å². The van der Waals surface area contributed by atoms with Crippen LogP contribution in [0.5, 0.6) is 5.75 Å². The molecule has 0 aliphatic carbocycles. The maximum atomic E-state index is 12.9. The number of fused-ring (bicyclic) bond motifs is 1. The van der Waals surface area contributed by atoms with E-state index in [1.165, 1.54) is 0 Å². The van der Waals surface area contributed by atoms with Gasteiger partial charge in [-0.2, -0.15) is 0 Å².